The van der Waals surface area contributed by atoms with Gasteiger partial charge in [0.05, 0.1) is 0 Å². The Hall–Kier alpha value is -2.61. The predicted molar refractivity (Wildman–Crippen MR) is 94.9 cm³/mol. The summed E-state index contributed by atoms with van der Waals surface area (Å²) < 4.78 is 13.4. The molecule has 6 nitrogen and oxygen atoms in total. The fourth-order valence-electron chi connectivity index (χ4n) is 2.94. The summed E-state index contributed by atoms with van der Waals surface area (Å²) >= 11 is 1.25. The van der Waals surface area contributed by atoms with Crippen LogP contribution in [-0.2, 0) is 6.42 Å². The van der Waals surface area contributed by atoms with Gasteiger partial charge in [-0.15, -0.1) is 0 Å². The molecule has 0 saturated heterocycles. The minimum Gasteiger partial charge on any atom is -0.350 e. The predicted octanol–water partition coefficient (Wildman–Crippen LogP) is 3.06. The molecule has 1 aliphatic heterocycles. The van der Waals surface area contributed by atoms with Gasteiger partial charge in [-0.25, -0.2) is 19.3 Å². The van der Waals surface area contributed by atoms with Gasteiger partial charge in [-0.05, 0) is 36.6 Å². The first-order chi connectivity index (χ1) is 12.2. The zero-order chi connectivity index (χ0) is 17.4. The Bertz CT molecular complexity index is 957. The summed E-state index contributed by atoms with van der Waals surface area (Å²) in [6.07, 6.45) is 3.08. The van der Waals surface area contributed by atoms with E-state index in [-0.39, 0.29) is 11.7 Å². The molecule has 25 heavy (non-hydrogen) atoms. The average molecular weight is 357 g/mol. The minimum atomic E-state index is -0.239. The minimum absolute atomic E-state index is 0.195. The molecule has 0 saturated carbocycles. The third-order valence-corrected chi connectivity index (χ3v) is 5.06. The summed E-state index contributed by atoms with van der Waals surface area (Å²) in [6.45, 7) is 3.30. The highest BCUT2D eigenvalue weighted by Crippen LogP contribution is 2.37. The lowest BCUT2D eigenvalue weighted by Gasteiger charge is -2.18. The molecule has 128 valence electrons. The van der Waals surface area contributed by atoms with Crippen LogP contribution in [0.4, 0.5) is 15.9 Å². The Labute approximate surface area is 147 Å². The summed E-state index contributed by atoms with van der Waals surface area (Å²) in [5, 5.41) is 3.20. The highest BCUT2D eigenvalue weighted by atomic mass is 32.1. The van der Waals surface area contributed by atoms with Gasteiger partial charge >= 0.3 is 0 Å². The van der Waals surface area contributed by atoms with Crippen molar-refractivity contribution in [2.75, 3.05) is 18.0 Å². The number of aromatic nitrogens is 3. The van der Waals surface area contributed by atoms with E-state index in [0.29, 0.717) is 34.3 Å². The van der Waals surface area contributed by atoms with Crippen LogP contribution in [0.25, 0.3) is 10.3 Å². The fourth-order valence-corrected chi connectivity index (χ4v) is 3.76. The molecule has 1 amide bonds. The highest BCUT2D eigenvalue weighted by Gasteiger charge is 2.25. The molecule has 8 heteroatoms. The van der Waals surface area contributed by atoms with E-state index in [1.54, 1.807) is 12.1 Å². The topological polar surface area (TPSA) is 71.0 Å². The molecule has 1 aromatic carbocycles. The van der Waals surface area contributed by atoms with Gasteiger partial charge < -0.3 is 10.2 Å². The Morgan fingerprint density at radius 1 is 1.40 bits per heavy atom. The van der Waals surface area contributed by atoms with Crippen molar-refractivity contribution in [1.29, 1.82) is 0 Å². The van der Waals surface area contributed by atoms with Crippen molar-refractivity contribution in [3.05, 3.63) is 40.9 Å². The van der Waals surface area contributed by atoms with Gasteiger partial charge in [0, 0.05) is 18.8 Å². The second-order valence-electron chi connectivity index (χ2n) is 5.80. The average Bonchev–Trinajstić information content (AvgIpc) is 3.22. The van der Waals surface area contributed by atoms with Crippen LogP contribution in [0, 0.1) is 5.82 Å². The number of amides is 1. The second kappa shape index (κ2) is 6.36. The number of anilines is 2. The number of nitrogens with one attached hydrogen (secondary N) is 1. The van der Waals surface area contributed by atoms with E-state index in [0.717, 1.165) is 24.1 Å². The van der Waals surface area contributed by atoms with Crippen molar-refractivity contribution in [2.24, 2.45) is 0 Å². The van der Waals surface area contributed by atoms with Gasteiger partial charge in [0.1, 0.15) is 22.5 Å². The molecule has 0 atom stereocenters. The number of benzene rings is 1. The molecule has 0 aliphatic carbocycles. The second-order valence-corrected chi connectivity index (χ2v) is 6.78. The van der Waals surface area contributed by atoms with E-state index >= 15 is 0 Å². The first-order valence-corrected chi connectivity index (χ1v) is 8.94. The molecule has 0 radical (unpaired) electrons. The van der Waals surface area contributed by atoms with Gasteiger partial charge in [0.25, 0.3) is 5.91 Å². The molecule has 3 heterocycles. The molecule has 0 fully saturated rings. The molecule has 0 bridgehead atoms. The van der Waals surface area contributed by atoms with E-state index in [9.17, 15) is 9.18 Å². The Kier molecular flexibility index (Phi) is 4.04. The maximum absolute atomic E-state index is 13.4. The molecule has 4 rings (SSSR count). The van der Waals surface area contributed by atoms with Crippen LogP contribution in [0.15, 0.2) is 24.5 Å². The molecule has 2 aromatic heterocycles. The third kappa shape index (κ3) is 2.82. The maximum atomic E-state index is 13.4. The summed E-state index contributed by atoms with van der Waals surface area (Å²) in [4.78, 5) is 27.9. The van der Waals surface area contributed by atoms with Gasteiger partial charge in [-0.2, -0.15) is 0 Å². The van der Waals surface area contributed by atoms with Gasteiger partial charge in [0.15, 0.2) is 10.8 Å². The van der Waals surface area contributed by atoms with Gasteiger partial charge in [-0.3, -0.25) is 4.79 Å². The number of carbonyl (C=O) groups is 1. The highest BCUT2D eigenvalue weighted by molar-refractivity contribution is 7.19. The Balaban J connectivity index is 1.74. The normalized spacial score (nSPS) is 13.3. The van der Waals surface area contributed by atoms with Crippen molar-refractivity contribution >= 4 is 39.1 Å². The summed E-state index contributed by atoms with van der Waals surface area (Å²) in [5.74, 6) is 0.220. The molecule has 3 aromatic rings. The number of nitrogens with zero attached hydrogens (tertiary/aromatic N) is 4. The molecule has 1 aliphatic rings. The fraction of sp³-hybridized carbons (Fsp3) is 0.294. The summed E-state index contributed by atoms with van der Waals surface area (Å²) in [5.41, 5.74) is 2.47. The third-order valence-electron chi connectivity index (χ3n) is 4.10. The van der Waals surface area contributed by atoms with E-state index in [4.69, 9.17) is 0 Å². The van der Waals surface area contributed by atoms with Crippen molar-refractivity contribution in [2.45, 2.75) is 19.8 Å². The largest absolute Gasteiger partial charge is 0.350 e. The van der Waals surface area contributed by atoms with E-state index in [1.807, 2.05) is 11.8 Å². The lowest BCUT2D eigenvalue weighted by atomic mass is 10.2. The quantitative estimate of drug-likeness (QED) is 0.777. The number of fused-ring (bicyclic) bond motifs is 2. The van der Waals surface area contributed by atoms with Gasteiger partial charge in [-0.1, -0.05) is 18.3 Å². The van der Waals surface area contributed by atoms with Crippen LogP contribution < -0.4 is 10.2 Å². The first-order valence-electron chi connectivity index (χ1n) is 8.13. The summed E-state index contributed by atoms with van der Waals surface area (Å²) in [7, 11) is 0. The van der Waals surface area contributed by atoms with Crippen molar-refractivity contribution in [3.63, 3.8) is 0 Å². The zero-order valence-corrected chi connectivity index (χ0v) is 14.4. The number of halogens is 1. The number of rotatable bonds is 4. The van der Waals surface area contributed by atoms with Crippen molar-refractivity contribution < 1.29 is 9.18 Å². The summed E-state index contributed by atoms with van der Waals surface area (Å²) in [6, 6.07) is 4.76. The number of hydrogen-bond acceptors (Lipinski definition) is 6. The zero-order valence-electron chi connectivity index (χ0n) is 13.6. The van der Waals surface area contributed by atoms with Crippen LogP contribution in [0.3, 0.4) is 0 Å². The lowest BCUT2D eigenvalue weighted by Crippen LogP contribution is -2.23. The number of hydrogen-bond donors (Lipinski definition) is 1. The van der Waals surface area contributed by atoms with Gasteiger partial charge in [0.2, 0.25) is 0 Å². The Morgan fingerprint density at radius 3 is 3.12 bits per heavy atom. The standard InChI is InChI=1S/C17H16FN5OS/c1-2-6-19-15(24)17-22-13-14(20-9-21-16(13)25-17)23-7-5-10-8-11(18)3-4-12(10)23/h3-4,8-9H,2,5-7H2,1H3,(H,19,24). The van der Waals surface area contributed by atoms with E-state index in [2.05, 4.69) is 20.3 Å². The van der Waals surface area contributed by atoms with Crippen molar-refractivity contribution in [1.82, 2.24) is 20.3 Å². The molecular weight excluding hydrogens is 341 g/mol. The van der Waals surface area contributed by atoms with Crippen LogP contribution in [0.1, 0.15) is 28.7 Å². The van der Waals surface area contributed by atoms with E-state index in [1.165, 1.54) is 23.7 Å². The molecular formula is C17H16FN5OS. The van der Waals surface area contributed by atoms with Crippen molar-refractivity contribution in [3.8, 4) is 0 Å². The SMILES string of the molecule is CCCNC(=O)c1nc2c(N3CCc4cc(F)ccc43)ncnc2s1. The first kappa shape index (κ1) is 15.9. The Morgan fingerprint density at radius 2 is 2.28 bits per heavy atom. The van der Waals surface area contributed by atoms with Crippen LogP contribution in [0.5, 0.6) is 0 Å². The number of carbonyl (C=O) groups excluding carboxylic acids is 1. The van der Waals surface area contributed by atoms with E-state index < -0.39 is 0 Å². The molecule has 0 spiro atoms. The molecule has 1 N–H and O–H groups in total. The molecule has 0 unspecified atom stereocenters. The smallest absolute Gasteiger partial charge is 0.280 e. The maximum Gasteiger partial charge on any atom is 0.280 e. The van der Waals surface area contributed by atoms with Crippen LogP contribution in [0.2, 0.25) is 0 Å². The lowest BCUT2D eigenvalue weighted by molar-refractivity contribution is 0.0953. The number of thiazole rings is 1. The van der Waals surface area contributed by atoms with Crippen LogP contribution >= 0.6 is 11.3 Å². The monoisotopic (exact) mass is 357 g/mol. The van der Waals surface area contributed by atoms with Crippen LogP contribution in [-0.4, -0.2) is 33.9 Å².